The van der Waals surface area contributed by atoms with Crippen LogP contribution in [0, 0.1) is 0 Å². The summed E-state index contributed by atoms with van der Waals surface area (Å²) in [5, 5.41) is 2.79. The zero-order valence-electron chi connectivity index (χ0n) is 14.9. The van der Waals surface area contributed by atoms with E-state index < -0.39 is 0 Å². The Morgan fingerprint density at radius 1 is 1.19 bits per heavy atom. The quantitative estimate of drug-likeness (QED) is 0.910. The van der Waals surface area contributed by atoms with Crippen molar-refractivity contribution in [2.24, 2.45) is 0 Å². The molecule has 0 atom stereocenters. The van der Waals surface area contributed by atoms with E-state index >= 15 is 0 Å². The van der Waals surface area contributed by atoms with Crippen molar-refractivity contribution >= 4 is 17.5 Å². The Kier molecular flexibility index (Phi) is 4.97. The zero-order chi connectivity index (χ0) is 18.7. The van der Waals surface area contributed by atoms with Gasteiger partial charge in [-0.1, -0.05) is 6.07 Å². The normalized spacial score (nSPS) is 13.3. The van der Waals surface area contributed by atoms with Crippen LogP contribution in [0.4, 0.5) is 5.69 Å². The predicted molar refractivity (Wildman–Crippen MR) is 96.4 cm³/mol. The van der Waals surface area contributed by atoms with Crippen LogP contribution in [0.3, 0.4) is 0 Å². The second kappa shape index (κ2) is 7.35. The summed E-state index contributed by atoms with van der Waals surface area (Å²) in [6.07, 6.45) is 0. The highest BCUT2D eigenvalue weighted by Crippen LogP contribution is 2.32. The maximum Gasteiger partial charge on any atom is 0.259 e. The van der Waals surface area contributed by atoms with Gasteiger partial charge in [0.25, 0.3) is 11.8 Å². The molecule has 1 heterocycles. The fourth-order valence-corrected chi connectivity index (χ4v) is 2.76. The molecule has 3 rings (SSSR count). The van der Waals surface area contributed by atoms with Crippen molar-refractivity contribution in [2.75, 3.05) is 39.7 Å². The van der Waals surface area contributed by atoms with Crippen molar-refractivity contribution in [2.45, 2.75) is 0 Å². The number of likely N-dealkylation sites (N-methyl/N-ethyl adjacent to an activating group) is 1. The average molecular weight is 356 g/mol. The van der Waals surface area contributed by atoms with Crippen LogP contribution in [0.25, 0.3) is 0 Å². The van der Waals surface area contributed by atoms with Crippen LogP contribution >= 0.6 is 0 Å². The summed E-state index contributed by atoms with van der Waals surface area (Å²) < 4.78 is 16.1. The standard InChI is InChI=1S/C19H20N2O5/c1-21-9-10-26-15-8-7-12(11-14(15)19(21)23)20-18(22)13-5-4-6-16(24-2)17(13)25-3/h4-8,11H,9-10H2,1-3H3,(H,20,22). The van der Waals surface area contributed by atoms with E-state index in [4.69, 9.17) is 14.2 Å². The zero-order valence-corrected chi connectivity index (χ0v) is 14.9. The largest absolute Gasteiger partial charge is 0.493 e. The first-order valence-electron chi connectivity index (χ1n) is 8.09. The molecule has 136 valence electrons. The number of nitrogens with one attached hydrogen (secondary N) is 1. The van der Waals surface area contributed by atoms with Crippen molar-refractivity contribution in [3.05, 3.63) is 47.5 Å². The van der Waals surface area contributed by atoms with E-state index in [1.54, 1.807) is 48.3 Å². The van der Waals surface area contributed by atoms with E-state index in [9.17, 15) is 9.59 Å². The van der Waals surface area contributed by atoms with Crippen LogP contribution in [0.1, 0.15) is 20.7 Å². The number of fused-ring (bicyclic) bond motifs is 1. The molecular weight excluding hydrogens is 336 g/mol. The van der Waals surface area contributed by atoms with E-state index in [-0.39, 0.29) is 11.8 Å². The molecule has 26 heavy (non-hydrogen) atoms. The minimum absolute atomic E-state index is 0.146. The van der Waals surface area contributed by atoms with Crippen LogP contribution in [0.2, 0.25) is 0 Å². The molecule has 0 spiro atoms. The minimum Gasteiger partial charge on any atom is -0.493 e. The lowest BCUT2D eigenvalue weighted by molar-refractivity contribution is 0.0796. The molecule has 0 unspecified atom stereocenters. The number of nitrogens with zero attached hydrogens (tertiary/aromatic N) is 1. The lowest BCUT2D eigenvalue weighted by Crippen LogP contribution is -2.27. The minimum atomic E-state index is -0.365. The number of amides is 2. The highest BCUT2D eigenvalue weighted by molar-refractivity contribution is 6.07. The summed E-state index contributed by atoms with van der Waals surface area (Å²) >= 11 is 0. The molecule has 1 aliphatic rings. The van der Waals surface area contributed by atoms with E-state index in [0.29, 0.717) is 47.2 Å². The summed E-state index contributed by atoms with van der Waals surface area (Å²) in [5.74, 6) is 0.814. The number of hydrogen-bond donors (Lipinski definition) is 1. The Balaban J connectivity index is 1.90. The first kappa shape index (κ1) is 17.6. The first-order valence-corrected chi connectivity index (χ1v) is 8.09. The molecule has 7 nitrogen and oxygen atoms in total. The predicted octanol–water partition coefficient (Wildman–Crippen LogP) is 2.42. The van der Waals surface area contributed by atoms with Gasteiger partial charge in [0.1, 0.15) is 12.4 Å². The number of ether oxygens (including phenoxy) is 3. The van der Waals surface area contributed by atoms with Gasteiger partial charge in [-0.05, 0) is 30.3 Å². The summed E-state index contributed by atoms with van der Waals surface area (Å²) in [5.41, 5.74) is 1.24. The topological polar surface area (TPSA) is 77.1 Å². The van der Waals surface area contributed by atoms with Gasteiger partial charge in [0.2, 0.25) is 0 Å². The lowest BCUT2D eigenvalue weighted by atomic mass is 10.1. The van der Waals surface area contributed by atoms with Crippen LogP contribution in [-0.4, -0.2) is 51.1 Å². The fourth-order valence-electron chi connectivity index (χ4n) is 2.76. The van der Waals surface area contributed by atoms with Crippen molar-refractivity contribution in [1.29, 1.82) is 0 Å². The third-order valence-electron chi connectivity index (χ3n) is 4.15. The summed E-state index contributed by atoms with van der Waals surface area (Å²) in [6, 6.07) is 10.1. The highest BCUT2D eigenvalue weighted by atomic mass is 16.5. The second-order valence-electron chi connectivity index (χ2n) is 5.78. The molecule has 0 saturated carbocycles. The Bertz CT molecular complexity index is 850. The fraction of sp³-hybridized carbons (Fsp3) is 0.263. The third kappa shape index (κ3) is 3.28. The second-order valence-corrected chi connectivity index (χ2v) is 5.78. The molecule has 7 heteroatoms. The molecule has 2 amide bonds. The number of carbonyl (C=O) groups is 2. The van der Waals surface area contributed by atoms with Crippen LogP contribution in [0.5, 0.6) is 17.2 Å². The molecule has 2 aromatic carbocycles. The van der Waals surface area contributed by atoms with Gasteiger partial charge < -0.3 is 24.4 Å². The molecule has 2 aromatic rings. The van der Waals surface area contributed by atoms with Gasteiger partial charge in [0, 0.05) is 12.7 Å². The summed E-state index contributed by atoms with van der Waals surface area (Å²) in [7, 11) is 4.70. The Labute approximate surface area is 151 Å². The van der Waals surface area contributed by atoms with Gasteiger partial charge in [-0.2, -0.15) is 0 Å². The molecule has 1 N–H and O–H groups in total. The number of benzene rings is 2. The Hall–Kier alpha value is -3.22. The Morgan fingerprint density at radius 3 is 2.73 bits per heavy atom. The van der Waals surface area contributed by atoms with Crippen LogP contribution in [-0.2, 0) is 0 Å². The molecule has 1 aliphatic heterocycles. The van der Waals surface area contributed by atoms with Crippen LogP contribution < -0.4 is 19.5 Å². The van der Waals surface area contributed by atoms with Gasteiger partial charge in [-0.25, -0.2) is 0 Å². The molecule has 0 aliphatic carbocycles. The number of para-hydroxylation sites is 1. The maximum absolute atomic E-state index is 12.7. The summed E-state index contributed by atoms with van der Waals surface area (Å²) in [4.78, 5) is 26.7. The molecule has 0 saturated heterocycles. The molecular formula is C19H20N2O5. The molecule has 0 radical (unpaired) electrons. The van der Waals surface area contributed by atoms with Crippen LogP contribution in [0.15, 0.2) is 36.4 Å². The Morgan fingerprint density at radius 2 is 2.00 bits per heavy atom. The van der Waals surface area contributed by atoms with Crippen molar-refractivity contribution in [3.63, 3.8) is 0 Å². The number of methoxy groups -OCH3 is 2. The number of hydrogen-bond acceptors (Lipinski definition) is 5. The lowest BCUT2D eigenvalue weighted by Gasteiger charge is -2.14. The van der Waals surface area contributed by atoms with E-state index in [1.165, 1.54) is 14.2 Å². The number of rotatable bonds is 4. The van der Waals surface area contributed by atoms with Gasteiger partial charge >= 0.3 is 0 Å². The smallest absolute Gasteiger partial charge is 0.259 e. The maximum atomic E-state index is 12.7. The van der Waals surface area contributed by atoms with E-state index in [1.807, 2.05) is 0 Å². The third-order valence-corrected chi connectivity index (χ3v) is 4.15. The molecule has 0 fully saturated rings. The van der Waals surface area contributed by atoms with Crippen molar-refractivity contribution in [1.82, 2.24) is 4.90 Å². The number of anilines is 1. The van der Waals surface area contributed by atoms with Crippen molar-refractivity contribution in [3.8, 4) is 17.2 Å². The van der Waals surface area contributed by atoms with Gasteiger partial charge in [0.15, 0.2) is 11.5 Å². The van der Waals surface area contributed by atoms with Gasteiger partial charge in [-0.15, -0.1) is 0 Å². The van der Waals surface area contributed by atoms with E-state index in [0.717, 1.165) is 0 Å². The summed E-state index contributed by atoms with van der Waals surface area (Å²) in [6.45, 7) is 0.943. The molecule has 0 bridgehead atoms. The highest BCUT2D eigenvalue weighted by Gasteiger charge is 2.22. The van der Waals surface area contributed by atoms with Gasteiger partial charge in [-0.3, -0.25) is 9.59 Å². The van der Waals surface area contributed by atoms with Gasteiger partial charge in [0.05, 0.1) is 31.9 Å². The number of carbonyl (C=O) groups excluding carboxylic acids is 2. The first-order chi connectivity index (χ1) is 12.5. The monoisotopic (exact) mass is 356 g/mol. The van der Waals surface area contributed by atoms with E-state index in [2.05, 4.69) is 5.32 Å². The SMILES string of the molecule is COc1cccc(C(=O)Nc2ccc3c(c2)C(=O)N(C)CCO3)c1OC. The average Bonchev–Trinajstić information content (AvgIpc) is 2.80. The molecule has 0 aromatic heterocycles. The van der Waals surface area contributed by atoms with Crippen molar-refractivity contribution < 1.29 is 23.8 Å².